The Morgan fingerprint density at radius 1 is 1.17 bits per heavy atom. The highest BCUT2D eigenvalue weighted by Gasteiger charge is 2.26. The van der Waals surface area contributed by atoms with Crippen LogP contribution in [0.3, 0.4) is 0 Å². The Labute approximate surface area is 147 Å². The number of aryl methyl sites for hydroxylation is 2. The molecule has 6 heteroatoms. The van der Waals surface area contributed by atoms with Gasteiger partial charge in [-0.2, -0.15) is 5.10 Å². The number of benzene rings is 1. The Morgan fingerprint density at radius 3 is 2.54 bits per heavy atom. The molecule has 2 heterocycles. The number of anilines is 2. The first-order valence-corrected chi connectivity index (χ1v) is 8.53. The van der Waals surface area contributed by atoms with Gasteiger partial charge in [0, 0.05) is 29.7 Å². The van der Waals surface area contributed by atoms with Crippen molar-refractivity contribution in [2.24, 2.45) is 5.92 Å². The monoisotopic (exact) mass is 344 g/mol. The van der Waals surface area contributed by atoms with E-state index in [0.717, 1.165) is 48.7 Å². The van der Waals surface area contributed by atoms with E-state index >= 15 is 0 Å². The van der Waals surface area contributed by atoms with Crippen LogP contribution in [0.25, 0.3) is 0 Å². The van der Waals surface area contributed by atoms with Crippen molar-refractivity contribution in [2.45, 2.75) is 26.7 Å². The van der Waals surface area contributed by atoms with Crippen molar-refractivity contribution < 1.29 is 4.79 Å². The number of carbonyl (C=O) groups excluding carboxylic acids is 1. The molecule has 0 atom stereocenters. The van der Waals surface area contributed by atoms with Crippen molar-refractivity contribution in [2.75, 3.05) is 23.3 Å². The topological polar surface area (TPSA) is 58.1 Å². The summed E-state index contributed by atoms with van der Waals surface area (Å²) >= 11 is 5.96. The molecule has 0 bridgehead atoms. The quantitative estimate of drug-likeness (QED) is 0.924. The van der Waals surface area contributed by atoms with E-state index in [-0.39, 0.29) is 11.8 Å². The largest absolute Gasteiger partial charge is 0.355 e. The second-order valence-corrected chi connectivity index (χ2v) is 6.68. The van der Waals surface area contributed by atoms with Crippen molar-refractivity contribution in [3.63, 3.8) is 0 Å². The van der Waals surface area contributed by atoms with Gasteiger partial charge in [0.25, 0.3) is 0 Å². The van der Waals surface area contributed by atoms with Gasteiger partial charge in [0.1, 0.15) is 0 Å². The van der Waals surface area contributed by atoms with Crippen LogP contribution in [0.15, 0.2) is 30.3 Å². The number of nitrogens with one attached hydrogen (secondary N) is 1. The highest BCUT2D eigenvalue weighted by molar-refractivity contribution is 6.30. The molecule has 1 N–H and O–H groups in total. The highest BCUT2D eigenvalue weighted by atomic mass is 35.5. The Hall–Kier alpha value is -2.14. The van der Waals surface area contributed by atoms with Crippen LogP contribution < -0.4 is 10.2 Å². The zero-order valence-electron chi connectivity index (χ0n) is 13.9. The summed E-state index contributed by atoms with van der Waals surface area (Å²) in [4.78, 5) is 14.7. The first kappa shape index (κ1) is 16.7. The Balaban J connectivity index is 1.58. The Morgan fingerprint density at radius 2 is 1.92 bits per heavy atom. The number of nitrogens with zero attached hydrogens (tertiary/aromatic N) is 3. The van der Waals surface area contributed by atoms with Gasteiger partial charge in [-0.25, -0.2) is 0 Å². The van der Waals surface area contributed by atoms with Gasteiger partial charge < -0.3 is 10.2 Å². The predicted molar refractivity (Wildman–Crippen MR) is 96.5 cm³/mol. The van der Waals surface area contributed by atoms with Gasteiger partial charge in [0.2, 0.25) is 5.91 Å². The van der Waals surface area contributed by atoms with Crippen LogP contribution in [0, 0.1) is 19.8 Å². The van der Waals surface area contributed by atoms with E-state index < -0.39 is 0 Å². The standard InChI is InChI=1S/C18H21ClN4O/c1-12-11-15(19)4-5-16(12)20-18(24)14-7-9-23(10-8-14)17-6-3-13(2)21-22-17/h3-6,11,14H,7-10H2,1-2H3,(H,20,24). The van der Waals surface area contributed by atoms with Gasteiger partial charge in [0.05, 0.1) is 5.69 Å². The number of hydrogen-bond donors (Lipinski definition) is 1. The van der Waals surface area contributed by atoms with E-state index in [1.165, 1.54) is 0 Å². The van der Waals surface area contributed by atoms with Gasteiger partial charge in [-0.3, -0.25) is 4.79 Å². The fourth-order valence-corrected chi connectivity index (χ4v) is 3.16. The molecule has 24 heavy (non-hydrogen) atoms. The summed E-state index contributed by atoms with van der Waals surface area (Å²) in [6.45, 7) is 5.50. The van der Waals surface area contributed by atoms with Crippen molar-refractivity contribution in [3.8, 4) is 0 Å². The van der Waals surface area contributed by atoms with E-state index in [9.17, 15) is 4.79 Å². The van der Waals surface area contributed by atoms with Gasteiger partial charge in [0.15, 0.2) is 5.82 Å². The molecular formula is C18H21ClN4O. The summed E-state index contributed by atoms with van der Waals surface area (Å²) in [6, 6.07) is 9.45. The third-order valence-electron chi connectivity index (χ3n) is 4.42. The summed E-state index contributed by atoms with van der Waals surface area (Å²) < 4.78 is 0. The minimum absolute atomic E-state index is 0.0229. The molecule has 1 aliphatic rings. The molecule has 0 aliphatic carbocycles. The van der Waals surface area contributed by atoms with Crippen molar-refractivity contribution in [1.82, 2.24) is 10.2 Å². The average Bonchev–Trinajstić information content (AvgIpc) is 2.58. The van der Waals surface area contributed by atoms with Crippen LogP contribution in [0.5, 0.6) is 0 Å². The molecule has 1 aliphatic heterocycles. The van der Waals surface area contributed by atoms with Gasteiger partial charge in [-0.05, 0) is 62.6 Å². The Bertz CT molecular complexity index is 724. The minimum atomic E-state index is 0.0229. The van der Waals surface area contributed by atoms with E-state index in [2.05, 4.69) is 20.4 Å². The normalized spacial score (nSPS) is 15.4. The molecule has 1 amide bonds. The van der Waals surface area contributed by atoms with E-state index in [4.69, 9.17) is 11.6 Å². The van der Waals surface area contributed by atoms with Crippen molar-refractivity contribution >= 4 is 29.0 Å². The average molecular weight is 345 g/mol. The molecule has 2 aromatic rings. The molecule has 0 unspecified atom stereocenters. The maximum absolute atomic E-state index is 12.5. The number of amides is 1. The maximum atomic E-state index is 12.5. The number of halogens is 1. The number of aromatic nitrogens is 2. The summed E-state index contributed by atoms with van der Waals surface area (Å²) in [5, 5.41) is 12.0. The van der Waals surface area contributed by atoms with Gasteiger partial charge in [-0.1, -0.05) is 11.6 Å². The lowest BCUT2D eigenvalue weighted by atomic mass is 9.95. The Kier molecular flexibility index (Phi) is 5.00. The minimum Gasteiger partial charge on any atom is -0.355 e. The molecular weight excluding hydrogens is 324 g/mol. The van der Waals surface area contributed by atoms with Crippen molar-refractivity contribution in [1.29, 1.82) is 0 Å². The van der Waals surface area contributed by atoms with E-state index in [1.54, 1.807) is 6.07 Å². The summed E-state index contributed by atoms with van der Waals surface area (Å²) in [5.41, 5.74) is 2.71. The van der Waals surface area contributed by atoms with Crippen LogP contribution in [-0.4, -0.2) is 29.2 Å². The second-order valence-electron chi connectivity index (χ2n) is 6.24. The molecule has 5 nitrogen and oxygen atoms in total. The van der Waals surface area contributed by atoms with Crippen LogP contribution in [0.4, 0.5) is 11.5 Å². The van der Waals surface area contributed by atoms with Crippen LogP contribution in [-0.2, 0) is 4.79 Å². The van der Waals surface area contributed by atoms with Crippen LogP contribution in [0.2, 0.25) is 5.02 Å². The third-order valence-corrected chi connectivity index (χ3v) is 4.65. The molecule has 3 rings (SSSR count). The predicted octanol–water partition coefficient (Wildman–Crippen LogP) is 3.60. The molecule has 0 spiro atoms. The van der Waals surface area contributed by atoms with Gasteiger partial charge in [-0.15, -0.1) is 5.10 Å². The first-order valence-electron chi connectivity index (χ1n) is 8.15. The summed E-state index contributed by atoms with van der Waals surface area (Å²) in [6.07, 6.45) is 1.63. The lowest BCUT2D eigenvalue weighted by molar-refractivity contribution is -0.120. The second kappa shape index (κ2) is 7.18. The fourth-order valence-electron chi connectivity index (χ4n) is 2.93. The number of hydrogen-bond acceptors (Lipinski definition) is 4. The molecule has 126 valence electrons. The number of piperidine rings is 1. The molecule has 1 aromatic heterocycles. The third kappa shape index (κ3) is 3.85. The van der Waals surface area contributed by atoms with Crippen LogP contribution in [0.1, 0.15) is 24.1 Å². The highest BCUT2D eigenvalue weighted by Crippen LogP contribution is 2.25. The van der Waals surface area contributed by atoms with E-state index in [0.29, 0.717) is 5.02 Å². The zero-order chi connectivity index (χ0) is 17.1. The molecule has 0 radical (unpaired) electrons. The van der Waals surface area contributed by atoms with Gasteiger partial charge >= 0.3 is 0 Å². The number of rotatable bonds is 3. The SMILES string of the molecule is Cc1ccc(N2CCC(C(=O)Nc3ccc(Cl)cc3C)CC2)nn1. The first-order chi connectivity index (χ1) is 11.5. The lowest BCUT2D eigenvalue weighted by Gasteiger charge is -2.31. The van der Waals surface area contributed by atoms with Crippen molar-refractivity contribution in [3.05, 3.63) is 46.6 Å². The summed E-state index contributed by atoms with van der Waals surface area (Å²) in [7, 11) is 0. The lowest BCUT2D eigenvalue weighted by Crippen LogP contribution is -2.38. The fraction of sp³-hybridized carbons (Fsp3) is 0.389. The summed E-state index contributed by atoms with van der Waals surface area (Å²) in [5.74, 6) is 0.984. The molecule has 1 fully saturated rings. The molecule has 1 aromatic carbocycles. The van der Waals surface area contributed by atoms with Crippen LogP contribution >= 0.6 is 11.6 Å². The molecule has 1 saturated heterocycles. The smallest absolute Gasteiger partial charge is 0.227 e. The maximum Gasteiger partial charge on any atom is 0.227 e. The van der Waals surface area contributed by atoms with E-state index in [1.807, 2.05) is 38.1 Å². The zero-order valence-corrected chi connectivity index (χ0v) is 14.7. The number of carbonyl (C=O) groups is 1. The molecule has 0 saturated carbocycles.